The van der Waals surface area contributed by atoms with Crippen molar-refractivity contribution in [1.29, 1.82) is 0 Å². The van der Waals surface area contributed by atoms with Crippen LogP contribution in [0.5, 0.6) is 0 Å². The van der Waals surface area contributed by atoms with Gasteiger partial charge in [-0.3, -0.25) is 19.6 Å². The lowest BCUT2D eigenvalue weighted by atomic mass is 9.97. The molecule has 1 saturated heterocycles. The van der Waals surface area contributed by atoms with E-state index in [1.807, 2.05) is 0 Å². The van der Waals surface area contributed by atoms with Gasteiger partial charge in [-0.25, -0.2) is 35.1 Å². The molecule has 53 heavy (non-hydrogen) atoms. The van der Waals surface area contributed by atoms with Crippen molar-refractivity contribution in [2.24, 2.45) is 0 Å². The molecule has 282 valence electrons. The van der Waals surface area contributed by atoms with Crippen molar-refractivity contribution < 1.29 is 39.9 Å². The molecule has 6 rings (SSSR count). The van der Waals surface area contributed by atoms with Crippen LogP contribution in [0.25, 0.3) is 16.3 Å². The Labute approximate surface area is 303 Å². The molecule has 0 bridgehead atoms. The van der Waals surface area contributed by atoms with Crippen molar-refractivity contribution in [3.05, 3.63) is 93.7 Å². The number of carbonyl (C=O) groups is 1. The standard InChI is InChI=1S/C35H37F5N6O5SSi/c1-53(2,3)14-13-51-20-45-34(47)25-10-9-24(15-22(25)16-43-45)44(19-23-17-42-26(18-41-23)21-7-5-4-6-8-21)35(48)27-11-12-46(27)52(49,50)33-31(39)29(37)28(36)30(38)32(33)40/h7,9-10,15-18,27H,4-6,8,11-14,19-20H2,1-3H3. The minimum Gasteiger partial charge on any atom is -0.359 e. The Kier molecular flexibility index (Phi) is 11.0. The predicted octanol–water partition coefficient (Wildman–Crippen LogP) is 6.15. The second-order valence-corrected chi connectivity index (χ2v) is 21.6. The lowest BCUT2D eigenvalue weighted by molar-refractivity contribution is -0.125. The van der Waals surface area contributed by atoms with E-state index in [2.05, 4.69) is 40.8 Å². The number of carbonyl (C=O) groups excluding carboxylic acids is 1. The van der Waals surface area contributed by atoms with Crippen LogP contribution in [-0.4, -0.2) is 65.6 Å². The van der Waals surface area contributed by atoms with Crippen molar-refractivity contribution in [2.75, 3.05) is 18.1 Å². The number of amides is 1. The number of anilines is 1. The molecule has 1 fully saturated rings. The number of ether oxygens (including phenoxy) is 1. The van der Waals surface area contributed by atoms with Crippen LogP contribution in [-0.2, 0) is 32.8 Å². The summed E-state index contributed by atoms with van der Waals surface area (Å²) < 4.78 is 105. The molecule has 2 aromatic carbocycles. The quantitative estimate of drug-likeness (QED) is 0.0552. The molecule has 1 amide bonds. The molecule has 0 saturated carbocycles. The summed E-state index contributed by atoms with van der Waals surface area (Å²) in [6.07, 6.45) is 10.3. The van der Waals surface area contributed by atoms with Crippen LogP contribution >= 0.6 is 0 Å². The molecule has 11 nitrogen and oxygen atoms in total. The number of hydrogen-bond donors (Lipinski definition) is 0. The van der Waals surface area contributed by atoms with Gasteiger partial charge in [-0.05, 0) is 61.9 Å². The fourth-order valence-corrected chi connectivity index (χ4v) is 8.60. The Hall–Kier alpha value is -4.39. The number of benzene rings is 2. The zero-order valence-electron chi connectivity index (χ0n) is 29.2. The van der Waals surface area contributed by atoms with E-state index in [1.54, 1.807) is 6.20 Å². The molecule has 1 unspecified atom stereocenters. The number of fused-ring (bicyclic) bond motifs is 1. The summed E-state index contributed by atoms with van der Waals surface area (Å²) >= 11 is 0. The van der Waals surface area contributed by atoms with Crippen LogP contribution in [0.3, 0.4) is 0 Å². The monoisotopic (exact) mass is 776 g/mol. The fraction of sp³-hybridized carbons (Fsp3) is 0.400. The number of allylic oxidation sites excluding steroid dienone is 2. The van der Waals surface area contributed by atoms with Gasteiger partial charge in [0.2, 0.25) is 21.7 Å². The number of aromatic nitrogens is 4. The SMILES string of the molecule is C[Si](C)(C)CCOCn1ncc2cc(N(Cc3cnc(C4=CCCCC4)cn3)C(=O)C3CCN3S(=O)(=O)c3c(F)c(F)c(F)c(F)c3F)ccc2c1=O. The van der Waals surface area contributed by atoms with Crippen LogP contribution in [0.15, 0.2) is 52.6 Å². The lowest BCUT2D eigenvalue weighted by Crippen LogP contribution is -2.59. The van der Waals surface area contributed by atoms with Gasteiger partial charge in [0.25, 0.3) is 5.56 Å². The summed E-state index contributed by atoms with van der Waals surface area (Å²) in [6.45, 7) is 6.33. The van der Waals surface area contributed by atoms with Crippen molar-refractivity contribution in [2.45, 2.75) is 82.0 Å². The van der Waals surface area contributed by atoms with E-state index in [0.717, 1.165) is 37.3 Å². The number of halogens is 5. The Morgan fingerprint density at radius 1 is 0.981 bits per heavy atom. The van der Waals surface area contributed by atoms with Gasteiger partial charge in [0.1, 0.15) is 12.8 Å². The van der Waals surface area contributed by atoms with E-state index in [0.29, 0.717) is 27.7 Å². The first-order valence-corrected chi connectivity index (χ1v) is 22.2. The van der Waals surface area contributed by atoms with Gasteiger partial charge in [0.15, 0.2) is 28.2 Å². The molecule has 2 aromatic heterocycles. The summed E-state index contributed by atoms with van der Waals surface area (Å²) in [5.41, 5.74) is 1.76. The zero-order valence-corrected chi connectivity index (χ0v) is 31.0. The number of nitrogens with zero attached hydrogens (tertiary/aromatic N) is 6. The molecular formula is C35H37F5N6O5SSi. The Balaban J connectivity index is 1.33. The highest BCUT2D eigenvalue weighted by Crippen LogP contribution is 2.35. The summed E-state index contributed by atoms with van der Waals surface area (Å²) in [5.74, 6) is -13.3. The first-order chi connectivity index (χ1) is 25.1. The van der Waals surface area contributed by atoms with Gasteiger partial charge in [-0.1, -0.05) is 25.7 Å². The van der Waals surface area contributed by atoms with E-state index < -0.39 is 76.1 Å². The van der Waals surface area contributed by atoms with Crippen LogP contribution in [0, 0.1) is 29.1 Å². The second kappa shape index (κ2) is 15.2. The average molecular weight is 777 g/mol. The van der Waals surface area contributed by atoms with Crippen LogP contribution in [0.2, 0.25) is 25.7 Å². The predicted molar refractivity (Wildman–Crippen MR) is 188 cm³/mol. The maximum atomic E-state index is 14.7. The highest BCUT2D eigenvalue weighted by Gasteiger charge is 2.48. The van der Waals surface area contributed by atoms with Gasteiger partial charge in [-0.2, -0.15) is 9.40 Å². The Bertz CT molecular complexity index is 2240. The number of sulfonamides is 1. The topological polar surface area (TPSA) is 128 Å². The van der Waals surface area contributed by atoms with E-state index in [9.17, 15) is 40.0 Å². The molecule has 0 spiro atoms. The lowest BCUT2D eigenvalue weighted by Gasteiger charge is -2.41. The van der Waals surface area contributed by atoms with E-state index >= 15 is 0 Å². The molecule has 1 aliphatic carbocycles. The minimum atomic E-state index is -5.40. The second-order valence-electron chi connectivity index (χ2n) is 14.2. The van der Waals surface area contributed by atoms with E-state index in [1.165, 1.54) is 40.2 Å². The smallest absolute Gasteiger partial charge is 0.276 e. The van der Waals surface area contributed by atoms with Gasteiger partial charge >= 0.3 is 0 Å². The first-order valence-electron chi connectivity index (χ1n) is 17.0. The highest BCUT2D eigenvalue weighted by atomic mass is 32.2. The molecule has 1 aliphatic heterocycles. The number of hydrogen-bond acceptors (Lipinski definition) is 8. The Morgan fingerprint density at radius 2 is 1.70 bits per heavy atom. The van der Waals surface area contributed by atoms with Gasteiger partial charge in [-0.15, -0.1) is 0 Å². The maximum absolute atomic E-state index is 14.7. The number of rotatable bonds is 12. The van der Waals surface area contributed by atoms with Crippen LogP contribution in [0.4, 0.5) is 27.6 Å². The largest absolute Gasteiger partial charge is 0.359 e. The van der Waals surface area contributed by atoms with Gasteiger partial charge < -0.3 is 9.64 Å². The average Bonchev–Trinajstić information content (AvgIpc) is 3.10. The van der Waals surface area contributed by atoms with Crippen LogP contribution < -0.4 is 10.5 Å². The molecule has 3 heterocycles. The fourth-order valence-electron chi connectivity index (χ4n) is 6.10. The summed E-state index contributed by atoms with van der Waals surface area (Å²) in [7, 11) is -6.76. The minimum absolute atomic E-state index is 0.0633. The van der Waals surface area contributed by atoms with Gasteiger partial charge in [0.05, 0.1) is 41.9 Å². The van der Waals surface area contributed by atoms with Crippen molar-refractivity contribution in [1.82, 2.24) is 24.1 Å². The normalized spacial score (nSPS) is 16.8. The third-order valence-electron chi connectivity index (χ3n) is 9.26. The molecule has 1 atom stereocenters. The molecule has 18 heteroatoms. The molecule has 2 aliphatic rings. The zero-order chi connectivity index (χ0) is 38.2. The van der Waals surface area contributed by atoms with E-state index in [4.69, 9.17) is 4.74 Å². The molecule has 4 aromatic rings. The van der Waals surface area contributed by atoms with Crippen molar-refractivity contribution >= 4 is 46.0 Å². The first kappa shape index (κ1) is 38.3. The van der Waals surface area contributed by atoms with Gasteiger partial charge in [0, 0.05) is 32.3 Å². The summed E-state index contributed by atoms with van der Waals surface area (Å²) in [6, 6.07) is 3.75. The molecule has 0 radical (unpaired) electrons. The third-order valence-corrected chi connectivity index (χ3v) is 12.9. The van der Waals surface area contributed by atoms with Crippen LogP contribution in [0.1, 0.15) is 43.5 Å². The Morgan fingerprint density at radius 3 is 2.30 bits per heavy atom. The molecule has 0 N–H and O–H groups in total. The van der Waals surface area contributed by atoms with E-state index in [-0.39, 0.29) is 30.8 Å². The molecular weight excluding hydrogens is 740 g/mol. The highest BCUT2D eigenvalue weighted by molar-refractivity contribution is 7.89. The summed E-state index contributed by atoms with van der Waals surface area (Å²) in [4.78, 5) is 35.6. The maximum Gasteiger partial charge on any atom is 0.276 e. The summed E-state index contributed by atoms with van der Waals surface area (Å²) in [5, 5.41) is 4.81. The third kappa shape index (κ3) is 7.81. The van der Waals surface area contributed by atoms with Crippen molar-refractivity contribution in [3.63, 3.8) is 0 Å². The van der Waals surface area contributed by atoms with Crippen molar-refractivity contribution in [3.8, 4) is 0 Å².